The van der Waals surface area contributed by atoms with Gasteiger partial charge in [-0.3, -0.25) is 4.79 Å². The van der Waals surface area contributed by atoms with Crippen LogP contribution in [0.15, 0.2) is 15.2 Å². The Labute approximate surface area is 113 Å². The first-order valence-electron chi connectivity index (χ1n) is 5.80. The van der Waals surface area contributed by atoms with Crippen LogP contribution < -0.4 is 0 Å². The molecule has 1 spiro atoms. The third kappa shape index (κ3) is 2.16. The van der Waals surface area contributed by atoms with Gasteiger partial charge in [-0.15, -0.1) is 11.3 Å². The van der Waals surface area contributed by atoms with Crippen LogP contribution in [0.2, 0.25) is 0 Å². The highest BCUT2D eigenvalue weighted by Crippen LogP contribution is 2.38. The lowest BCUT2D eigenvalue weighted by atomic mass is 9.87. The Hall–Kier alpha value is -0.390. The molecular weight excluding hydrogens is 302 g/mol. The fraction of sp³-hybridized carbons (Fsp3) is 0.583. The van der Waals surface area contributed by atoms with E-state index >= 15 is 0 Å². The molecule has 1 aromatic rings. The van der Waals surface area contributed by atoms with E-state index < -0.39 is 0 Å². The smallest absolute Gasteiger partial charge is 0.254 e. The van der Waals surface area contributed by atoms with Crippen LogP contribution in [0.4, 0.5) is 0 Å². The molecular formula is C12H14BrNO2S. The van der Waals surface area contributed by atoms with Crippen LogP contribution in [-0.4, -0.2) is 37.1 Å². The molecule has 0 bridgehead atoms. The van der Waals surface area contributed by atoms with Crippen molar-refractivity contribution >= 4 is 33.2 Å². The van der Waals surface area contributed by atoms with Gasteiger partial charge < -0.3 is 9.64 Å². The third-order valence-electron chi connectivity index (χ3n) is 3.72. The number of nitrogens with zero attached hydrogens (tertiary/aromatic N) is 1. The summed E-state index contributed by atoms with van der Waals surface area (Å²) in [7, 11) is 0. The van der Waals surface area contributed by atoms with Crippen LogP contribution in [-0.2, 0) is 4.74 Å². The lowest BCUT2D eigenvalue weighted by molar-refractivity contribution is 0.0766. The van der Waals surface area contributed by atoms with Crippen molar-refractivity contribution in [3.8, 4) is 0 Å². The van der Waals surface area contributed by atoms with E-state index in [1.54, 1.807) is 11.3 Å². The Kier molecular flexibility index (Phi) is 3.00. The van der Waals surface area contributed by atoms with E-state index in [1.165, 1.54) is 0 Å². The molecule has 3 rings (SSSR count). The van der Waals surface area contributed by atoms with Gasteiger partial charge in [-0.25, -0.2) is 0 Å². The minimum atomic E-state index is 0.163. The minimum absolute atomic E-state index is 0.163. The molecule has 5 heteroatoms. The summed E-state index contributed by atoms with van der Waals surface area (Å²) in [6, 6.07) is 1.91. The van der Waals surface area contributed by atoms with Crippen LogP contribution >= 0.6 is 27.3 Å². The average Bonchev–Trinajstić information content (AvgIpc) is 3.02. The first kappa shape index (κ1) is 11.7. The van der Waals surface area contributed by atoms with Crippen LogP contribution in [0.5, 0.6) is 0 Å². The van der Waals surface area contributed by atoms with Gasteiger partial charge in [0.05, 0.1) is 16.0 Å². The van der Waals surface area contributed by atoms with Gasteiger partial charge in [0.25, 0.3) is 5.91 Å². The molecule has 0 unspecified atom stereocenters. The van der Waals surface area contributed by atoms with E-state index in [0.29, 0.717) is 0 Å². The van der Waals surface area contributed by atoms with Gasteiger partial charge in [-0.2, -0.15) is 0 Å². The Bertz CT molecular complexity index is 439. The normalized spacial score (nSPS) is 28.2. The van der Waals surface area contributed by atoms with Crippen molar-refractivity contribution in [1.29, 1.82) is 0 Å². The highest BCUT2D eigenvalue weighted by Gasteiger charge is 2.42. The number of halogens is 1. The number of carbonyl (C=O) groups excluding carboxylic acids is 1. The van der Waals surface area contributed by atoms with Crippen molar-refractivity contribution in [3.63, 3.8) is 0 Å². The third-order valence-corrected chi connectivity index (χ3v) is 5.23. The van der Waals surface area contributed by atoms with Gasteiger partial charge in [-0.1, -0.05) is 0 Å². The molecule has 92 valence electrons. The molecule has 1 amide bonds. The summed E-state index contributed by atoms with van der Waals surface area (Å²) in [6.45, 7) is 3.41. The zero-order chi connectivity index (χ0) is 11.9. The minimum Gasteiger partial charge on any atom is -0.381 e. The summed E-state index contributed by atoms with van der Waals surface area (Å²) in [5.41, 5.74) is 1.06. The van der Waals surface area contributed by atoms with Crippen LogP contribution in [0.1, 0.15) is 23.2 Å². The maximum Gasteiger partial charge on any atom is 0.254 e. The molecule has 0 N–H and O–H groups in total. The first-order valence-corrected chi connectivity index (χ1v) is 7.47. The summed E-state index contributed by atoms with van der Waals surface area (Å²) in [6.07, 6.45) is 2.19. The van der Waals surface area contributed by atoms with Gasteiger partial charge in [0.2, 0.25) is 0 Å². The summed E-state index contributed by atoms with van der Waals surface area (Å²) < 4.78 is 6.49. The number of likely N-dealkylation sites (tertiary alicyclic amines) is 1. The molecule has 17 heavy (non-hydrogen) atoms. The SMILES string of the molecule is O=C(c1csc(Br)c1)N1CC[C@]2(CCOC2)C1. The standard InChI is InChI=1S/C12H14BrNO2S/c13-10-5-9(6-17-10)11(15)14-3-1-12(7-14)2-4-16-8-12/h5-6H,1-4,7-8H2/t12-/m0/s1. The second-order valence-electron chi connectivity index (χ2n) is 4.92. The van der Waals surface area contributed by atoms with Crippen LogP contribution in [0, 0.1) is 5.41 Å². The average molecular weight is 316 g/mol. The van der Waals surface area contributed by atoms with Crippen molar-refractivity contribution in [3.05, 3.63) is 20.8 Å². The quantitative estimate of drug-likeness (QED) is 0.797. The van der Waals surface area contributed by atoms with E-state index in [9.17, 15) is 4.79 Å². The molecule has 2 saturated heterocycles. The summed E-state index contributed by atoms with van der Waals surface area (Å²) in [5, 5.41) is 1.92. The molecule has 2 fully saturated rings. The molecule has 0 radical (unpaired) electrons. The van der Waals surface area contributed by atoms with Crippen LogP contribution in [0.25, 0.3) is 0 Å². The van der Waals surface area contributed by atoms with Gasteiger partial charge in [-0.05, 0) is 34.8 Å². The highest BCUT2D eigenvalue weighted by atomic mass is 79.9. The van der Waals surface area contributed by atoms with Crippen molar-refractivity contribution in [2.24, 2.45) is 5.41 Å². The Morgan fingerprint density at radius 2 is 2.41 bits per heavy atom. The number of amides is 1. The largest absolute Gasteiger partial charge is 0.381 e. The highest BCUT2D eigenvalue weighted by molar-refractivity contribution is 9.11. The van der Waals surface area contributed by atoms with E-state index in [0.717, 1.165) is 48.5 Å². The first-order chi connectivity index (χ1) is 8.19. The number of ether oxygens (including phenoxy) is 1. The van der Waals surface area contributed by atoms with E-state index in [-0.39, 0.29) is 11.3 Å². The van der Waals surface area contributed by atoms with E-state index in [4.69, 9.17) is 4.74 Å². The molecule has 0 aromatic carbocycles. The number of carbonyl (C=O) groups is 1. The summed E-state index contributed by atoms with van der Waals surface area (Å²) in [5.74, 6) is 0.163. The van der Waals surface area contributed by atoms with Crippen molar-refractivity contribution in [1.82, 2.24) is 4.90 Å². The van der Waals surface area contributed by atoms with Gasteiger partial charge in [0.1, 0.15) is 0 Å². The second-order valence-corrected chi connectivity index (χ2v) is 7.21. The Balaban J connectivity index is 1.72. The number of hydrogen-bond donors (Lipinski definition) is 0. The zero-order valence-corrected chi connectivity index (χ0v) is 11.8. The van der Waals surface area contributed by atoms with E-state index in [1.807, 2.05) is 16.3 Å². The fourth-order valence-corrected chi connectivity index (χ4v) is 3.82. The molecule has 0 aliphatic carbocycles. The molecule has 0 saturated carbocycles. The lowest BCUT2D eigenvalue weighted by Crippen LogP contribution is -2.32. The molecule has 2 aliphatic rings. The lowest BCUT2D eigenvalue weighted by Gasteiger charge is -2.21. The van der Waals surface area contributed by atoms with Gasteiger partial charge in [0.15, 0.2) is 0 Å². The monoisotopic (exact) mass is 315 g/mol. The molecule has 3 nitrogen and oxygen atoms in total. The predicted molar refractivity (Wildman–Crippen MR) is 70.4 cm³/mol. The second kappa shape index (κ2) is 4.37. The number of hydrogen-bond acceptors (Lipinski definition) is 3. The molecule has 2 aliphatic heterocycles. The summed E-state index contributed by atoms with van der Waals surface area (Å²) >= 11 is 4.96. The topological polar surface area (TPSA) is 29.5 Å². The maximum atomic E-state index is 12.3. The Morgan fingerprint density at radius 3 is 3.06 bits per heavy atom. The van der Waals surface area contributed by atoms with Crippen molar-refractivity contribution in [2.75, 3.05) is 26.3 Å². The van der Waals surface area contributed by atoms with Gasteiger partial charge >= 0.3 is 0 Å². The predicted octanol–water partition coefficient (Wildman–Crippen LogP) is 2.76. The summed E-state index contributed by atoms with van der Waals surface area (Å²) in [4.78, 5) is 14.2. The van der Waals surface area contributed by atoms with Gasteiger partial charge in [0, 0.05) is 30.5 Å². The molecule has 3 heterocycles. The molecule has 1 atom stereocenters. The van der Waals surface area contributed by atoms with Crippen molar-refractivity contribution < 1.29 is 9.53 Å². The fourth-order valence-electron chi connectivity index (χ4n) is 2.68. The van der Waals surface area contributed by atoms with Crippen molar-refractivity contribution in [2.45, 2.75) is 12.8 Å². The molecule has 1 aromatic heterocycles. The number of thiophene rings is 1. The Morgan fingerprint density at radius 1 is 1.53 bits per heavy atom. The zero-order valence-electron chi connectivity index (χ0n) is 9.45. The number of rotatable bonds is 1. The van der Waals surface area contributed by atoms with E-state index in [2.05, 4.69) is 15.9 Å². The maximum absolute atomic E-state index is 12.3. The van der Waals surface area contributed by atoms with Crippen LogP contribution in [0.3, 0.4) is 0 Å².